The Morgan fingerprint density at radius 3 is 2.62 bits per heavy atom. The molecule has 0 aliphatic rings. The number of benzene rings is 2. The van der Waals surface area contributed by atoms with Crippen molar-refractivity contribution in [1.82, 2.24) is 4.57 Å². The second kappa shape index (κ2) is 7.88. The lowest BCUT2D eigenvalue weighted by molar-refractivity contribution is -0.116. The van der Waals surface area contributed by atoms with Gasteiger partial charge in [-0.1, -0.05) is 17.4 Å². The van der Waals surface area contributed by atoms with Crippen LogP contribution >= 0.6 is 11.3 Å². The van der Waals surface area contributed by atoms with Gasteiger partial charge in [0.05, 0.1) is 29.3 Å². The summed E-state index contributed by atoms with van der Waals surface area (Å²) in [5, 5.41) is 2.73. The maximum atomic E-state index is 12.8. The quantitative estimate of drug-likeness (QED) is 0.641. The highest BCUT2D eigenvalue weighted by Crippen LogP contribution is 2.26. The van der Waals surface area contributed by atoms with Gasteiger partial charge in [-0.05, 0) is 37.3 Å². The Kier molecular flexibility index (Phi) is 5.67. The van der Waals surface area contributed by atoms with E-state index in [1.54, 1.807) is 49.5 Å². The van der Waals surface area contributed by atoms with Gasteiger partial charge in [0.25, 0.3) is 0 Å². The van der Waals surface area contributed by atoms with Crippen LogP contribution in [0.5, 0.6) is 5.75 Å². The molecule has 8 nitrogen and oxygen atoms in total. The fourth-order valence-corrected chi connectivity index (χ4v) is 5.10. The molecule has 0 unspecified atom stereocenters. The van der Waals surface area contributed by atoms with Crippen molar-refractivity contribution in [2.45, 2.75) is 13.0 Å². The van der Waals surface area contributed by atoms with Crippen molar-refractivity contribution in [2.24, 2.45) is 7.05 Å². The van der Waals surface area contributed by atoms with Gasteiger partial charge in [-0.2, -0.15) is 0 Å². The van der Waals surface area contributed by atoms with E-state index in [1.807, 2.05) is 0 Å². The molecular weight excluding hydrogens is 414 g/mol. The summed E-state index contributed by atoms with van der Waals surface area (Å²) < 4.78 is 33.3. The number of rotatable bonds is 6. The third-order valence-electron chi connectivity index (χ3n) is 4.46. The number of sulfonamides is 1. The second-order valence-corrected chi connectivity index (χ2v) is 9.39. The summed E-state index contributed by atoms with van der Waals surface area (Å²) in [6, 6.07) is 10.6. The molecule has 29 heavy (non-hydrogen) atoms. The van der Waals surface area contributed by atoms with Crippen LogP contribution in [0.2, 0.25) is 0 Å². The Morgan fingerprint density at radius 2 is 1.97 bits per heavy atom. The molecule has 0 saturated heterocycles. The predicted octanol–water partition coefficient (Wildman–Crippen LogP) is 2.40. The number of nitrogens with zero attached hydrogens (tertiary/aromatic N) is 2. The summed E-state index contributed by atoms with van der Waals surface area (Å²) in [6.07, 6.45) is 1.05. The number of aryl methyl sites for hydroxylation is 1. The van der Waals surface area contributed by atoms with Crippen molar-refractivity contribution < 1.29 is 17.9 Å². The first-order chi connectivity index (χ1) is 13.6. The summed E-state index contributed by atoms with van der Waals surface area (Å²) in [7, 11) is -0.582. The smallest absolute Gasteiger partial charge is 0.307 e. The third-order valence-corrected chi connectivity index (χ3v) is 6.69. The van der Waals surface area contributed by atoms with Gasteiger partial charge >= 0.3 is 4.87 Å². The zero-order valence-electron chi connectivity index (χ0n) is 16.4. The van der Waals surface area contributed by atoms with Crippen molar-refractivity contribution in [3.8, 4) is 5.75 Å². The molecule has 1 heterocycles. The number of thiazole rings is 1. The van der Waals surface area contributed by atoms with Crippen molar-refractivity contribution >= 4 is 48.9 Å². The van der Waals surface area contributed by atoms with Crippen molar-refractivity contribution in [3.63, 3.8) is 0 Å². The van der Waals surface area contributed by atoms with Crippen LogP contribution in [-0.2, 0) is 21.9 Å². The number of nitrogens with one attached hydrogen (secondary N) is 1. The van der Waals surface area contributed by atoms with Crippen molar-refractivity contribution in [2.75, 3.05) is 23.0 Å². The van der Waals surface area contributed by atoms with E-state index in [-0.39, 0.29) is 4.87 Å². The summed E-state index contributed by atoms with van der Waals surface area (Å²) >= 11 is 1.08. The molecule has 1 amide bonds. The summed E-state index contributed by atoms with van der Waals surface area (Å²) in [5.41, 5.74) is 1.57. The number of amides is 1. The number of hydrogen-bond donors (Lipinski definition) is 1. The fraction of sp³-hybridized carbons (Fsp3) is 0.263. The first-order valence-electron chi connectivity index (χ1n) is 8.65. The van der Waals surface area contributed by atoms with Gasteiger partial charge in [-0.25, -0.2) is 8.42 Å². The molecule has 0 aliphatic heterocycles. The Bertz CT molecular complexity index is 1230. The molecule has 2 aromatic carbocycles. The van der Waals surface area contributed by atoms with Crippen LogP contribution in [0.25, 0.3) is 10.2 Å². The molecule has 0 saturated carbocycles. The number of ether oxygens (including phenoxy) is 1. The molecule has 0 radical (unpaired) electrons. The SMILES string of the molecule is COc1cccc(N([C@@H](C)C(=O)Nc2ccc3c(c2)sc(=O)n3C)S(C)(=O)=O)c1. The Hall–Kier alpha value is -2.85. The lowest BCUT2D eigenvalue weighted by atomic mass is 10.2. The average Bonchev–Trinajstić information content (AvgIpc) is 2.94. The van der Waals surface area contributed by atoms with Crippen LogP contribution in [0.4, 0.5) is 11.4 Å². The molecular formula is C19H21N3O5S2. The van der Waals surface area contributed by atoms with E-state index in [9.17, 15) is 18.0 Å². The third kappa shape index (κ3) is 4.28. The number of methoxy groups -OCH3 is 1. The molecule has 1 aromatic heterocycles. The van der Waals surface area contributed by atoms with Crippen LogP contribution in [0.1, 0.15) is 6.92 Å². The molecule has 0 bridgehead atoms. The van der Waals surface area contributed by atoms with Gasteiger partial charge in [-0.15, -0.1) is 0 Å². The highest BCUT2D eigenvalue weighted by molar-refractivity contribution is 7.92. The van der Waals surface area contributed by atoms with Gasteiger partial charge in [0.2, 0.25) is 15.9 Å². The summed E-state index contributed by atoms with van der Waals surface area (Å²) in [4.78, 5) is 24.5. The van der Waals surface area contributed by atoms with Crippen LogP contribution < -0.4 is 19.2 Å². The lowest BCUT2D eigenvalue weighted by Crippen LogP contribution is -2.45. The molecule has 154 valence electrons. The van der Waals surface area contributed by atoms with E-state index in [2.05, 4.69) is 5.32 Å². The number of carbonyl (C=O) groups is 1. The van der Waals surface area contributed by atoms with E-state index in [0.717, 1.165) is 32.1 Å². The normalized spacial score (nSPS) is 12.6. The van der Waals surface area contributed by atoms with E-state index in [4.69, 9.17) is 4.74 Å². The van der Waals surface area contributed by atoms with E-state index in [1.165, 1.54) is 18.6 Å². The molecule has 1 N–H and O–H groups in total. The Balaban J connectivity index is 1.90. The number of carbonyl (C=O) groups excluding carboxylic acids is 1. The van der Waals surface area contributed by atoms with Gasteiger partial charge in [0.15, 0.2) is 0 Å². The van der Waals surface area contributed by atoms with E-state index in [0.29, 0.717) is 17.1 Å². The van der Waals surface area contributed by atoms with E-state index >= 15 is 0 Å². The van der Waals surface area contributed by atoms with Crippen LogP contribution in [0.15, 0.2) is 47.3 Å². The topological polar surface area (TPSA) is 97.7 Å². The first-order valence-corrected chi connectivity index (χ1v) is 11.3. The van der Waals surface area contributed by atoms with Crippen LogP contribution in [-0.4, -0.2) is 38.3 Å². The molecule has 0 fully saturated rings. The zero-order chi connectivity index (χ0) is 21.3. The number of fused-ring (bicyclic) bond motifs is 1. The first kappa shape index (κ1) is 20.9. The maximum absolute atomic E-state index is 12.8. The van der Waals surface area contributed by atoms with E-state index < -0.39 is 22.0 Å². The van der Waals surface area contributed by atoms with Gasteiger partial charge in [0.1, 0.15) is 11.8 Å². The monoisotopic (exact) mass is 435 g/mol. The zero-order valence-corrected chi connectivity index (χ0v) is 18.0. The molecule has 1 atom stereocenters. The van der Waals surface area contributed by atoms with Gasteiger partial charge in [-0.3, -0.25) is 13.9 Å². The minimum absolute atomic E-state index is 0.0990. The maximum Gasteiger partial charge on any atom is 0.307 e. The van der Waals surface area contributed by atoms with Gasteiger partial charge in [0, 0.05) is 18.8 Å². The second-order valence-electron chi connectivity index (χ2n) is 6.54. The minimum Gasteiger partial charge on any atom is -0.497 e. The number of hydrogen-bond acceptors (Lipinski definition) is 6. The van der Waals surface area contributed by atoms with Crippen LogP contribution in [0, 0.1) is 0 Å². The molecule has 3 rings (SSSR count). The highest BCUT2D eigenvalue weighted by atomic mass is 32.2. The molecule has 3 aromatic rings. The number of anilines is 2. The van der Waals surface area contributed by atoms with Crippen molar-refractivity contribution in [1.29, 1.82) is 0 Å². The van der Waals surface area contributed by atoms with Crippen molar-refractivity contribution in [3.05, 3.63) is 52.1 Å². The average molecular weight is 436 g/mol. The largest absolute Gasteiger partial charge is 0.497 e. The van der Waals surface area contributed by atoms with Gasteiger partial charge < -0.3 is 14.6 Å². The minimum atomic E-state index is -3.74. The molecule has 10 heteroatoms. The summed E-state index contributed by atoms with van der Waals surface area (Å²) in [6.45, 7) is 1.51. The number of aromatic nitrogens is 1. The van der Waals surface area contributed by atoms with Crippen LogP contribution in [0.3, 0.4) is 0 Å². The molecule has 0 aliphatic carbocycles. The Morgan fingerprint density at radius 1 is 1.24 bits per heavy atom. The fourth-order valence-electron chi connectivity index (χ4n) is 3.01. The lowest BCUT2D eigenvalue weighted by Gasteiger charge is -2.28. The summed E-state index contributed by atoms with van der Waals surface area (Å²) in [5.74, 6) is -0.0194. The Labute approximate surface area is 172 Å². The standard InChI is InChI=1S/C19H21N3O5S2/c1-12(22(29(4,25)26)14-6-5-7-15(11-14)27-3)18(23)20-13-8-9-16-17(10-13)28-19(24)21(16)2/h5-12H,1-4H3,(H,20,23)/t12-/m0/s1. The highest BCUT2D eigenvalue weighted by Gasteiger charge is 2.29. The molecule has 0 spiro atoms. The predicted molar refractivity (Wildman–Crippen MR) is 115 cm³/mol.